The minimum atomic E-state index is -0.781. The van der Waals surface area contributed by atoms with Crippen molar-refractivity contribution in [3.63, 3.8) is 0 Å². The quantitative estimate of drug-likeness (QED) is 0.753. The zero-order valence-corrected chi connectivity index (χ0v) is 15.1. The van der Waals surface area contributed by atoms with E-state index in [1.165, 1.54) is 11.3 Å². The summed E-state index contributed by atoms with van der Waals surface area (Å²) in [6.07, 6.45) is 1.72. The lowest BCUT2D eigenvalue weighted by Crippen LogP contribution is -2.57. The Balaban J connectivity index is 1.73. The number of thiazole rings is 1. The van der Waals surface area contributed by atoms with E-state index in [0.29, 0.717) is 4.47 Å². The Morgan fingerprint density at radius 2 is 1.96 bits per heavy atom. The lowest BCUT2D eigenvalue weighted by Gasteiger charge is -2.42. The second kappa shape index (κ2) is 6.06. The van der Waals surface area contributed by atoms with Gasteiger partial charge in [0.05, 0.1) is 6.04 Å². The lowest BCUT2D eigenvalue weighted by atomic mass is 9.94. The molecule has 4 rings (SSSR count). The SMILES string of the molecule is CN1C(=O)C(c2ccccc2)C(=O)N2C(c3cnc(Cl)s3)CSC12. The molecule has 2 aliphatic rings. The molecule has 3 unspecified atom stereocenters. The maximum atomic E-state index is 13.2. The van der Waals surface area contributed by atoms with Crippen LogP contribution in [-0.2, 0) is 9.59 Å². The van der Waals surface area contributed by atoms with Gasteiger partial charge in [0, 0.05) is 23.9 Å². The van der Waals surface area contributed by atoms with Crippen molar-refractivity contribution in [1.29, 1.82) is 0 Å². The minimum Gasteiger partial charge on any atom is -0.315 e. The van der Waals surface area contributed by atoms with Crippen LogP contribution in [0.5, 0.6) is 0 Å². The summed E-state index contributed by atoms with van der Waals surface area (Å²) in [4.78, 5) is 34.5. The summed E-state index contributed by atoms with van der Waals surface area (Å²) in [5.74, 6) is -0.345. The van der Waals surface area contributed by atoms with Gasteiger partial charge in [-0.2, -0.15) is 0 Å². The number of fused-ring (bicyclic) bond motifs is 1. The predicted octanol–water partition coefficient (Wildman–Crippen LogP) is 2.95. The van der Waals surface area contributed by atoms with Crippen LogP contribution in [0.4, 0.5) is 0 Å². The fraction of sp³-hybridized carbons (Fsp3) is 0.312. The number of halogens is 1. The predicted molar refractivity (Wildman–Crippen MR) is 94.9 cm³/mol. The van der Waals surface area contributed by atoms with E-state index in [0.717, 1.165) is 16.2 Å². The lowest BCUT2D eigenvalue weighted by molar-refractivity contribution is -0.155. The first-order chi connectivity index (χ1) is 11.6. The monoisotopic (exact) mass is 379 g/mol. The molecule has 2 aliphatic heterocycles. The van der Waals surface area contributed by atoms with E-state index < -0.39 is 5.92 Å². The van der Waals surface area contributed by atoms with Gasteiger partial charge < -0.3 is 9.80 Å². The average Bonchev–Trinajstić information content (AvgIpc) is 3.20. The molecule has 0 saturated carbocycles. The average molecular weight is 380 g/mol. The van der Waals surface area contributed by atoms with Crippen LogP contribution in [0.1, 0.15) is 22.4 Å². The van der Waals surface area contributed by atoms with Crippen LogP contribution in [-0.4, -0.2) is 44.9 Å². The van der Waals surface area contributed by atoms with Crippen molar-refractivity contribution in [2.45, 2.75) is 17.5 Å². The third-order valence-electron chi connectivity index (χ3n) is 4.36. The number of likely N-dealkylation sites (N-methyl/N-ethyl adjacent to an activating group) is 1. The van der Waals surface area contributed by atoms with Gasteiger partial charge in [-0.15, -0.1) is 23.1 Å². The first kappa shape index (κ1) is 15.9. The number of rotatable bonds is 2. The van der Waals surface area contributed by atoms with Crippen molar-refractivity contribution in [1.82, 2.24) is 14.8 Å². The molecule has 24 heavy (non-hydrogen) atoms. The highest BCUT2D eigenvalue weighted by molar-refractivity contribution is 8.00. The molecule has 2 fully saturated rings. The highest BCUT2D eigenvalue weighted by Crippen LogP contribution is 2.46. The number of amides is 2. The van der Waals surface area contributed by atoms with Crippen molar-refractivity contribution in [2.24, 2.45) is 0 Å². The minimum absolute atomic E-state index is 0.0979. The normalized spacial score (nSPS) is 26.8. The van der Waals surface area contributed by atoms with Crippen LogP contribution in [0.25, 0.3) is 0 Å². The molecule has 0 bridgehead atoms. The Kier molecular flexibility index (Phi) is 4.02. The van der Waals surface area contributed by atoms with Crippen LogP contribution in [0.3, 0.4) is 0 Å². The third-order valence-corrected chi connectivity index (χ3v) is 6.93. The van der Waals surface area contributed by atoms with Gasteiger partial charge in [-0.05, 0) is 5.56 Å². The van der Waals surface area contributed by atoms with Gasteiger partial charge >= 0.3 is 0 Å². The number of benzene rings is 1. The summed E-state index contributed by atoms with van der Waals surface area (Å²) in [7, 11) is 1.76. The number of thioether (sulfide) groups is 1. The number of hydrogen-bond donors (Lipinski definition) is 0. The molecular formula is C16H14ClN3O2S2. The summed E-state index contributed by atoms with van der Waals surface area (Å²) < 4.78 is 0.465. The zero-order chi connectivity index (χ0) is 16.8. The van der Waals surface area contributed by atoms with Crippen molar-refractivity contribution < 1.29 is 9.59 Å². The fourth-order valence-electron chi connectivity index (χ4n) is 3.19. The zero-order valence-electron chi connectivity index (χ0n) is 12.8. The molecule has 0 spiro atoms. The van der Waals surface area contributed by atoms with E-state index in [4.69, 9.17) is 11.6 Å². The number of hydrogen-bond acceptors (Lipinski definition) is 5. The van der Waals surface area contributed by atoms with E-state index in [2.05, 4.69) is 4.98 Å². The Bertz CT molecular complexity index is 798. The van der Waals surface area contributed by atoms with E-state index in [9.17, 15) is 9.59 Å². The molecule has 0 aliphatic carbocycles. The molecule has 3 atom stereocenters. The Hall–Kier alpha value is -1.57. The number of carbonyl (C=O) groups excluding carboxylic acids is 2. The highest BCUT2D eigenvalue weighted by atomic mass is 35.5. The van der Waals surface area contributed by atoms with E-state index in [1.54, 1.807) is 29.9 Å². The largest absolute Gasteiger partial charge is 0.315 e. The number of aromatic nitrogens is 1. The van der Waals surface area contributed by atoms with Gasteiger partial charge in [-0.3, -0.25) is 9.59 Å². The fourth-order valence-corrected chi connectivity index (χ4v) is 5.78. The van der Waals surface area contributed by atoms with Gasteiger partial charge in [-0.25, -0.2) is 4.98 Å². The number of nitrogens with zero attached hydrogens (tertiary/aromatic N) is 3. The summed E-state index contributed by atoms with van der Waals surface area (Å²) in [6.45, 7) is 0. The molecule has 0 N–H and O–H groups in total. The van der Waals surface area contributed by atoms with Gasteiger partial charge in [-0.1, -0.05) is 41.9 Å². The third kappa shape index (κ3) is 2.42. The van der Waals surface area contributed by atoms with Crippen molar-refractivity contribution in [3.8, 4) is 0 Å². The molecule has 0 radical (unpaired) electrons. The molecule has 2 aromatic rings. The summed E-state index contributed by atoms with van der Waals surface area (Å²) >= 11 is 8.94. The van der Waals surface area contributed by atoms with Crippen molar-refractivity contribution in [3.05, 3.63) is 51.4 Å². The summed E-state index contributed by atoms with van der Waals surface area (Å²) in [5.41, 5.74) is 0.464. The van der Waals surface area contributed by atoms with Gasteiger partial charge in [0.2, 0.25) is 11.8 Å². The van der Waals surface area contributed by atoms with E-state index in [1.807, 2.05) is 35.2 Å². The van der Waals surface area contributed by atoms with Crippen LogP contribution < -0.4 is 0 Å². The van der Waals surface area contributed by atoms with Gasteiger partial charge in [0.25, 0.3) is 0 Å². The summed E-state index contributed by atoms with van der Waals surface area (Å²) in [5, 5.41) is 0. The maximum Gasteiger partial charge on any atom is 0.242 e. The van der Waals surface area contributed by atoms with Crippen LogP contribution >= 0.6 is 34.7 Å². The molecule has 3 heterocycles. The molecule has 2 saturated heterocycles. The molecule has 1 aromatic carbocycles. The van der Waals surface area contributed by atoms with Crippen LogP contribution in [0.2, 0.25) is 4.47 Å². The van der Waals surface area contributed by atoms with Crippen LogP contribution in [0, 0.1) is 0 Å². The maximum absolute atomic E-state index is 13.2. The highest BCUT2D eigenvalue weighted by Gasteiger charge is 2.51. The standard InChI is InChI=1S/C16H14ClN3O2S2/c1-19-13(21)12(9-5-3-2-4-6-9)14(22)20-10(8-23-16(19)20)11-7-18-15(17)24-11/h2-7,10,12,16H,8H2,1H3. The second-order valence-electron chi connectivity index (χ2n) is 5.73. The molecule has 5 nitrogen and oxygen atoms in total. The first-order valence-electron chi connectivity index (χ1n) is 7.44. The van der Waals surface area contributed by atoms with Crippen molar-refractivity contribution >= 4 is 46.5 Å². The Labute approximate surface area is 152 Å². The topological polar surface area (TPSA) is 53.5 Å². The molecule has 1 aromatic heterocycles. The van der Waals surface area contributed by atoms with E-state index in [-0.39, 0.29) is 23.4 Å². The van der Waals surface area contributed by atoms with Crippen LogP contribution in [0.15, 0.2) is 36.5 Å². The first-order valence-corrected chi connectivity index (χ1v) is 9.69. The molecule has 8 heteroatoms. The smallest absolute Gasteiger partial charge is 0.242 e. The molecule has 2 amide bonds. The second-order valence-corrected chi connectivity index (χ2v) is 8.46. The van der Waals surface area contributed by atoms with Gasteiger partial charge in [0.15, 0.2) is 9.96 Å². The Morgan fingerprint density at radius 1 is 1.21 bits per heavy atom. The number of carbonyl (C=O) groups is 2. The Morgan fingerprint density at radius 3 is 2.62 bits per heavy atom. The summed E-state index contributed by atoms with van der Waals surface area (Å²) in [6, 6.07) is 9.14. The van der Waals surface area contributed by atoms with E-state index >= 15 is 0 Å². The molecule has 124 valence electrons. The van der Waals surface area contributed by atoms with Crippen molar-refractivity contribution in [2.75, 3.05) is 12.8 Å². The van der Waals surface area contributed by atoms with Gasteiger partial charge in [0.1, 0.15) is 5.92 Å². The molecular weight excluding hydrogens is 366 g/mol.